The van der Waals surface area contributed by atoms with Crippen molar-refractivity contribution in [1.29, 1.82) is 0 Å². The van der Waals surface area contributed by atoms with Gasteiger partial charge in [-0.15, -0.1) is 0 Å². The van der Waals surface area contributed by atoms with Crippen molar-refractivity contribution in [2.45, 2.75) is 38.8 Å². The minimum Gasteiger partial charge on any atom is -0.326 e. The van der Waals surface area contributed by atoms with Crippen LogP contribution in [0.3, 0.4) is 0 Å². The molecule has 1 aromatic rings. The van der Waals surface area contributed by atoms with Gasteiger partial charge in [-0.25, -0.2) is 0 Å². The van der Waals surface area contributed by atoms with Gasteiger partial charge in [0.05, 0.1) is 5.92 Å². The van der Waals surface area contributed by atoms with Crippen molar-refractivity contribution in [3.8, 4) is 0 Å². The summed E-state index contributed by atoms with van der Waals surface area (Å²) in [5, 5.41) is 2.65. The number of hydrogen-bond donors (Lipinski definition) is 1. The summed E-state index contributed by atoms with van der Waals surface area (Å²) in [4.78, 5) is 12.3. The molecule has 0 saturated heterocycles. The summed E-state index contributed by atoms with van der Waals surface area (Å²) < 4.78 is 39.9. The topological polar surface area (TPSA) is 29.1 Å². The van der Waals surface area contributed by atoms with E-state index >= 15 is 0 Å². The van der Waals surface area contributed by atoms with Crippen LogP contribution in [0.5, 0.6) is 0 Å². The molecule has 0 aromatic heterocycles. The zero-order valence-corrected chi connectivity index (χ0v) is 13.2. The van der Waals surface area contributed by atoms with E-state index in [-0.39, 0.29) is 6.42 Å². The van der Waals surface area contributed by atoms with E-state index in [4.69, 9.17) is 0 Å². The maximum Gasteiger partial charge on any atom is 0.392 e. The molecule has 116 valence electrons. The number of amides is 1. The summed E-state index contributed by atoms with van der Waals surface area (Å²) >= 11 is 3.29. The van der Waals surface area contributed by atoms with Crippen LogP contribution in [-0.4, -0.2) is 12.1 Å². The molecule has 1 fully saturated rings. The first-order valence-electron chi connectivity index (χ1n) is 6.93. The lowest BCUT2D eigenvalue weighted by Crippen LogP contribution is -2.39. The van der Waals surface area contributed by atoms with Crippen LogP contribution in [0.2, 0.25) is 0 Å². The maximum absolute atomic E-state index is 13.0. The summed E-state index contributed by atoms with van der Waals surface area (Å²) in [7, 11) is 0. The second-order valence-electron chi connectivity index (χ2n) is 5.49. The lowest BCUT2D eigenvalue weighted by atomic mass is 9.78. The predicted octanol–water partition coefficient (Wildman–Crippen LogP) is 5.06. The van der Waals surface area contributed by atoms with Crippen molar-refractivity contribution < 1.29 is 18.0 Å². The van der Waals surface area contributed by atoms with Gasteiger partial charge in [0.1, 0.15) is 0 Å². The van der Waals surface area contributed by atoms with Gasteiger partial charge in [0.25, 0.3) is 0 Å². The molecule has 1 saturated carbocycles. The summed E-state index contributed by atoms with van der Waals surface area (Å²) in [6.07, 6.45) is -2.77. The number of benzene rings is 1. The van der Waals surface area contributed by atoms with E-state index in [9.17, 15) is 18.0 Å². The van der Waals surface area contributed by atoms with Crippen LogP contribution in [-0.2, 0) is 4.79 Å². The third-order valence-corrected chi connectivity index (χ3v) is 4.47. The second-order valence-corrected chi connectivity index (χ2v) is 6.40. The van der Waals surface area contributed by atoms with E-state index in [1.165, 1.54) is 0 Å². The Labute approximate surface area is 130 Å². The molecule has 2 rings (SSSR count). The SMILES string of the molecule is Cc1ccc(Br)cc1NC(=O)C1CCCCC1C(F)(F)F. The van der Waals surface area contributed by atoms with Crippen molar-refractivity contribution in [1.82, 2.24) is 0 Å². The van der Waals surface area contributed by atoms with Crippen LogP contribution < -0.4 is 5.32 Å². The Balaban J connectivity index is 2.16. The van der Waals surface area contributed by atoms with Gasteiger partial charge in [-0.2, -0.15) is 13.2 Å². The molecule has 1 aliphatic rings. The highest BCUT2D eigenvalue weighted by molar-refractivity contribution is 9.10. The Morgan fingerprint density at radius 3 is 2.62 bits per heavy atom. The fraction of sp³-hybridized carbons (Fsp3) is 0.533. The maximum atomic E-state index is 13.0. The van der Waals surface area contributed by atoms with Gasteiger partial charge in [-0.1, -0.05) is 34.8 Å². The molecule has 1 N–H and O–H groups in total. The van der Waals surface area contributed by atoms with Gasteiger partial charge in [0.2, 0.25) is 5.91 Å². The molecule has 0 aliphatic heterocycles. The minimum atomic E-state index is -4.31. The van der Waals surface area contributed by atoms with Crippen LogP contribution in [0.4, 0.5) is 18.9 Å². The third kappa shape index (κ3) is 3.99. The molecular formula is C15H17BrF3NO. The molecule has 21 heavy (non-hydrogen) atoms. The first-order chi connectivity index (χ1) is 9.79. The van der Waals surface area contributed by atoms with Crippen molar-refractivity contribution in [3.05, 3.63) is 28.2 Å². The van der Waals surface area contributed by atoms with Gasteiger partial charge in [0.15, 0.2) is 0 Å². The van der Waals surface area contributed by atoms with Crippen molar-refractivity contribution in [2.24, 2.45) is 11.8 Å². The molecule has 2 nitrogen and oxygen atoms in total. The van der Waals surface area contributed by atoms with E-state index in [0.717, 1.165) is 10.0 Å². The highest BCUT2D eigenvalue weighted by atomic mass is 79.9. The molecular weight excluding hydrogens is 347 g/mol. The molecule has 6 heteroatoms. The molecule has 0 heterocycles. The smallest absolute Gasteiger partial charge is 0.326 e. The summed E-state index contributed by atoms with van der Waals surface area (Å²) in [5.74, 6) is -3.05. The Bertz CT molecular complexity index is 530. The van der Waals surface area contributed by atoms with Crippen molar-refractivity contribution in [2.75, 3.05) is 5.32 Å². The second kappa shape index (κ2) is 6.38. The minimum absolute atomic E-state index is 0.0407. The number of carbonyl (C=O) groups is 1. The zero-order valence-electron chi connectivity index (χ0n) is 11.6. The Hall–Kier alpha value is -1.04. The third-order valence-electron chi connectivity index (χ3n) is 3.98. The highest BCUT2D eigenvalue weighted by Gasteiger charge is 2.48. The highest BCUT2D eigenvalue weighted by Crippen LogP contribution is 2.42. The Morgan fingerprint density at radius 1 is 1.29 bits per heavy atom. The van der Waals surface area contributed by atoms with Crippen LogP contribution >= 0.6 is 15.9 Å². The number of rotatable bonds is 2. The molecule has 0 spiro atoms. The molecule has 1 aliphatic carbocycles. The number of aryl methyl sites for hydroxylation is 1. The van der Waals surface area contributed by atoms with Crippen molar-refractivity contribution in [3.63, 3.8) is 0 Å². The summed E-state index contributed by atoms with van der Waals surface area (Å²) in [6, 6.07) is 5.34. The molecule has 0 bridgehead atoms. The number of alkyl halides is 3. The Kier molecular flexibility index (Phi) is 4.96. The van der Waals surface area contributed by atoms with E-state index in [1.54, 1.807) is 6.07 Å². The fourth-order valence-electron chi connectivity index (χ4n) is 2.79. The number of hydrogen-bond acceptors (Lipinski definition) is 1. The van der Waals surface area contributed by atoms with E-state index in [2.05, 4.69) is 21.2 Å². The zero-order chi connectivity index (χ0) is 15.6. The molecule has 2 atom stereocenters. The van der Waals surface area contributed by atoms with Crippen LogP contribution in [0.1, 0.15) is 31.2 Å². The standard InChI is InChI=1S/C15H17BrF3NO/c1-9-6-7-10(16)8-13(9)20-14(21)11-4-2-3-5-12(11)15(17,18)19/h6-8,11-12H,2-5H2,1H3,(H,20,21). The van der Waals surface area contributed by atoms with E-state index in [0.29, 0.717) is 24.9 Å². The van der Waals surface area contributed by atoms with Crippen molar-refractivity contribution >= 4 is 27.5 Å². The van der Waals surface area contributed by atoms with Gasteiger partial charge in [0, 0.05) is 16.1 Å². The molecule has 2 unspecified atom stereocenters. The average molecular weight is 364 g/mol. The quantitative estimate of drug-likeness (QED) is 0.781. The van der Waals surface area contributed by atoms with Crippen LogP contribution in [0.15, 0.2) is 22.7 Å². The summed E-state index contributed by atoms with van der Waals surface area (Å²) in [6.45, 7) is 1.81. The normalized spacial score (nSPS) is 22.9. The number of carbonyl (C=O) groups excluding carboxylic acids is 1. The average Bonchev–Trinajstić information content (AvgIpc) is 2.42. The van der Waals surface area contributed by atoms with Crippen LogP contribution in [0, 0.1) is 18.8 Å². The molecule has 1 aromatic carbocycles. The monoisotopic (exact) mass is 363 g/mol. The summed E-state index contributed by atoms with van der Waals surface area (Å²) in [5.41, 5.74) is 1.38. The van der Waals surface area contributed by atoms with E-state index in [1.807, 2.05) is 19.1 Å². The predicted molar refractivity (Wildman–Crippen MR) is 79.0 cm³/mol. The lowest BCUT2D eigenvalue weighted by molar-refractivity contribution is -0.197. The van der Waals surface area contributed by atoms with E-state index < -0.39 is 23.9 Å². The Morgan fingerprint density at radius 2 is 1.95 bits per heavy atom. The van der Waals surface area contributed by atoms with Gasteiger partial charge >= 0.3 is 6.18 Å². The number of halogens is 4. The molecule has 1 amide bonds. The molecule has 0 radical (unpaired) electrons. The first kappa shape index (κ1) is 16.3. The van der Waals surface area contributed by atoms with Gasteiger partial charge < -0.3 is 5.32 Å². The fourth-order valence-corrected chi connectivity index (χ4v) is 3.15. The van der Waals surface area contributed by atoms with Gasteiger partial charge in [-0.3, -0.25) is 4.79 Å². The number of nitrogens with one attached hydrogen (secondary N) is 1. The van der Waals surface area contributed by atoms with Gasteiger partial charge in [-0.05, 0) is 37.5 Å². The lowest BCUT2D eigenvalue weighted by Gasteiger charge is -2.32. The number of anilines is 1. The van der Waals surface area contributed by atoms with Crippen LogP contribution in [0.25, 0.3) is 0 Å². The first-order valence-corrected chi connectivity index (χ1v) is 7.72. The largest absolute Gasteiger partial charge is 0.392 e.